The van der Waals surface area contributed by atoms with Gasteiger partial charge in [0.2, 0.25) is 5.91 Å². The molecule has 0 atom stereocenters. The van der Waals surface area contributed by atoms with E-state index in [1.807, 2.05) is 20.8 Å². The van der Waals surface area contributed by atoms with Crippen molar-refractivity contribution in [3.8, 4) is 0 Å². The van der Waals surface area contributed by atoms with Gasteiger partial charge in [-0.2, -0.15) is 0 Å². The van der Waals surface area contributed by atoms with Gasteiger partial charge in [-0.1, -0.05) is 20.8 Å². The molecule has 1 amide bonds. The number of carboxylic acid groups (broad SMARTS) is 1. The molecule has 1 rings (SSSR count). The van der Waals surface area contributed by atoms with Crippen LogP contribution in [0.2, 0.25) is 0 Å². The van der Waals surface area contributed by atoms with Crippen molar-refractivity contribution in [2.75, 3.05) is 25.5 Å². The molecule has 0 aliphatic carbocycles. The van der Waals surface area contributed by atoms with Gasteiger partial charge in [-0.05, 0) is 12.8 Å². The Bertz CT molecular complexity index is 332. The fourth-order valence-corrected chi connectivity index (χ4v) is 2.50. The van der Waals surface area contributed by atoms with Crippen LogP contribution in [0.4, 0.5) is 0 Å². The number of amides is 1. The molecular weight excluding hydrogens is 266 g/mol. The average molecular weight is 289 g/mol. The third-order valence-electron chi connectivity index (χ3n) is 3.16. The first-order valence-electron chi connectivity index (χ1n) is 6.47. The van der Waals surface area contributed by atoms with Crippen LogP contribution in [0.5, 0.6) is 0 Å². The summed E-state index contributed by atoms with van der Waals surface area (Å²) in [6.45, 7) is 7.21. The first kappa shape index (κ1) is 16.3. The second-order valence-corrected chi connectivity index (χ2v) is 7.68. The van der Waals surface area contributed by atoms with Gasteiger partial charge in [0.05, 0.1) is 11.2 Å². The van der Waals surface area contributed by atoms with E-state index in [4.69, 9.17) is 4.74 Å². The summed E-state index contributed by atoms with van der Waals surface area (Å²) >= 11 is 1.55. The first-order chi connectivity index (χ1) is 8.75. The minimum atomic E-state index is -0.861. The van der Waals surface area contributed by atoms with Crippen molar-refractivity contribution in [3.05, 3.63) is 0 Å². The first-order valence-corrected chi connectivity index (χ1v) is 7.46. The van der Waals surface area contributed by atoms with Gasteiger partial charge < -0.3 is 15.2 Å². The SMILES string of the molecule is CC(C)(C)SCC(=O)NCC1(C(=O)O)CCOCC1. The smallest absolute Gasteiger partial charge is 0.311 e. The van der Waals surface area contributed by atoms with Gasteiger partial charge in [-0.25, -0.2) is 0 Å². The van der Waals surface area contributed by atoms with Crippen LogP contribution in [-0.2, 0) is 14.3 Å². The highest BCUT2D eigenvalue weighted by Gasteiger charge is 2.40. The Labute approximate surface area is 118 Å². The summed E-state index contributed by atoms with van der Waals surface area (Å²) in [6.07, 6.45) is 0.907. The van der Waals surface area contributed by atoms with E-state index in [0.717, 1.165) is 0 Å². The van der Waals surface area contributed by atoms with Gasteiger partial charge in [0.15, 0.2) is 0 Å². The lowest BCUT2D eigenvalue weighted by Crippen LogP contribution is -2.47. The second-order valence-electron chi connectivity index (χ2n) is 5.88. The van der Waals surface area contributed by atoms with E-state index < -0.39 is 11.4 Å². The molecule has 0 radical (unpaired) electrons. The van der Waals surface area contributed by atoms with Crippen LogP contribution >= 0.6 is 11.8 Å². The third-order valence-corrected chi connectivity index (χ3v) is 4.44. The summed E-state index contributed by atoms with van der Waals surface area (Å²) in [4.78, 5) is 23.1. The largest absolute Gasteiger partial charge is 0.481 e. The van der Waals surface area contributed by atoms with E-state index >= 15 is 0 Å². The molecule has 0 aromatic carbocycles. The zero-order valence-corrected chi connectivity index (χ0v) is 12.6. The van der Waals surface area contributed by atoms with Gasteiger partial charge in [0.1, 0.15) is 0 Å². The van der Waals surface area contributed by atoms with Crippen molar-refractivity contribution in [1.82, 2.24) is 5.32 Å². The Hall–Kier alpha value is -0.750. The van der Waals surface area contributed by atoms with Gasteiger partial charge in [0.25, 0.3) is 0 Å². The van der Waals surface area contributed by atoms with E-state index in [1.54, 1.807) is 11.8 Å². The van der Waals surface area contributed by atoms with Gasteiger partial charge >= 0.3 is 5.97 Å². The van der Waals surface area contributed by atoms with Crippen LogP contribution in [0.25, 0.3) is 0 Å². The summed E-state index contributed by atoms with van der Waals surface area (Å²) < 4.78 is 5.22. The van der Waals surface area contributed by atoms with E-state index in [0.29, 0.717) is 31.8 Å². The molecule has 1 saturated heterocycles. The van der Waals surface area contributed by atoms with Crippen molar-refractivity contribution in [2.45, 2.75) is 38.4 Å². The van der Waals surface area contributed by atoms with Gasteiger partial charge in [0, 0.05) is 24.5 Å². The highest BCUT2D eigenvalue weighted by Crippen LogP contribution is 2.30. The molecule has 0 unspecified atom stereocenters. The van der Waals surface area contributed by atoms with Crippen LogP contribution in [-0.4, -0.2) is 47.2 Å². The predicted octanol–water partition coefficient (Wildman–Crippen LogP) is 1.52. The maximum absolute atomic E-state index is 11.7. The number of hydrogen-bond acceptors (Lipinski definition) is 4. The van der Waals surface area contributed by atoms with Crippen molar-refractivity contribution < 1.29 is 19.4 Å². The van der Waals surface area contributed by atoms with Crippen molar-refractivity contribution in [1.29, 1.82) is 0 Å². The molecule has 1 aliphatic heterocycles. The van der Waals surface area contributed by atoms with Crippen LogP contribution in [0, 0.1) is 5.41 Å². The van der Waals surface area contributed by atoms with E-state index in [2.05, 4.69) is 5.32 Å². The number of carbonyl (C=O) groups excluding carboxylic acids is 1. The van der Waals surface area contributed by atoms with Crippen LogP contribution in [0.15, 0.2) is 0 Å². The molecule has 0 aromatic rings. The van der Waals surface area contributed by atoms with Gasteiger partial charge in [-0.15, -0.1) is 11.8 Å². The van der Waals surface area contributed by atoms with Crippen LogP contribution in [0.3, 0.4) is 0 Å². The highest BCUT2D eigenvalue weighted by molar-refractivity contribution is 8.01. The molecular formula is C13H23NO4S. The Balaban J connectivity index is 2.44. The topological polar surface area (TPSA) is 75.6 Å². The number of ether oxygens (including phenoxy) is 1. The summed E-state index contributed by atoms with van der Waals surface area (Å²) in [5, 5.41) is 12.1. The Morgan fingerprint density at radius 2 is 1.89 bits per heavy atom. The number of nitrogens with one attached hydrogen (secondary N) is 1. The number of carbonyl (C=O) groups is 2. The number of aliphatic carboxylic acids is 1. The Kier molecular flexibility index (Phi) is 5.67. The van der Waals surface area contributed by atoms with Crippen LogP contribution < -0.4 is 5.32 Å². The minimum Gasteiger partial charge on any atom is -0.481 e. The maximum atomic E-state index is 11.7. The molecule has 5 nitrogen and oxygen atoms in total. The molecule has 110 valence electrons. The molecule has 1 heterocycles. The molecule has 0 spiro atoms. The normalized spacial score (nSPS) is 18.9. The van der Waals surface area contributed by atoms with Crippen molar-refractivity contribution in [3.63, 3.8) is 0 Å². The molecule has 1 aliphatic rings. The number of rotatable bonds is 5. The lowest BCUT2D eigenvalue weighted by Gasteiger charge is -2.33. The zero-order chi connectivity index (χ0) is 14.5. The third kappa shape index (κ3) is 5.40. The van der Waals surface area contributed by atoms with E-state index in [9.17, 15) is 14.7 Å². The number of hydrogen-bond donors (Lipinski definition) is 2. The minimum absolute atomic E-state index is 0.0283. The summed E-state index contributed by atoms with van der Waals surface area (Å²) in [5.74, 6) is -0.595. The monoisotopic (exact) mass is 289 g/mol. The fraction of sp³-hybridized carbons (Fsp3) is 0.846. The second kappa shape index (κ2) is 6.61. The summed E-state index contributed by atoms with van der Waals surface area (Å²) in [5.41, 5.74) is -0.861. The quantitative estimate of drug-likeness (QED) is 0.802. The van der Waals surface area contributed by atoms with Crippen LogP contribution in [0.1, 0.15) is 33.6 Å². The van der Waals surface area contributed by atoms with Crippen molar-refractivity contribution in [2.24, 2.45) is 5.41 Å². The average Bonchev–Trinajstić information content (AvgIpc) is 2.34. The van der Waals surface area contributed by atoms with E-state index in [1.165, 1.54) is 0 Å². The highest BCUT2D eigenvalue weighted by atomic mass is 32.2. The molecule has 0 saturated carbocycles. The molecule has 6 heteroatoms. The Morgan fingerprint density at radius 1 is 1.32 bits per heavy atom. The fourth-order valence-electron chi connectivity index (χ4n) is 1.83. The Morgan fingerprint density at radius 3 is 2.37 bits per heavy atom. The lowest BCUT2D eigenvalue weighted by atomic mass is 9.80. The maximum Gasteiger partial charge on any atom is 0.311 e. The predicted molar refractivity (Wildman–Crippen MR) is 75.3 cm³/mol. The number of carboxylic acids is 1. The standard InChI is InChI=1S/C13H23NO4S/c1-12(2,3)19-8-10(15)14-9-13(11(16)17)4-6-18-7-5-13/h4-9H2,1-3H3,(H,14,15)(H,16,17). The van der Waals surface area contributed by atoms with E-state index in [-0.39, 0.29) is 17.2 Å². The van der Waals surface area contributed by atoms with Gasteiger partial charge in [-0.3, -0.25) is 9.59 Å². The molecule has 19 heavy (non-hydrogen) atoms. The zero-order valence-electron chi connectivity index (χ0n) is 11.8. The summed E-state index contributed by atoms with van der Waals surface area (Å²) in [7, 11) is 0. The lowest BCUT2D eigenvalue weighted by molar-refractivity contribution is -0.154. The molecule has 0 aromatic heterocycles. The number of thioether (sulfide) groups is 1. The molecule has 0 bridgehead atoms. The van der Waals surface area contributed by atoms with Crippen molar-refractivity contribution >= 4 is 23.6 Å². The molecule has 2 N–H and O–H groups in total. The summed E-state index contributed by atoms with van der Waals surface area (Å²) in [6, 6.07) is 0. The molecule has 1 fully saturated rings.